The van der Waals surface area contributed by atoms with E-state index in [-0.39, 0.29) is 0 Å². The third-order valence-corrected chi connectivity index (χ3v) is 3.11. The molecule has 0 unspecified atom stereocenters. The highest BCUT2D eigenvalue weighted by molar-refractivity contribution is 5.27. The SMILES string of the molecule is CC(C)CNCc1ccc(OCc2cncn2C)cc1. The molecule has 0 aliphatic carbocycles. The monoisotopic (exact) mass is 273 g/mol. The molecule has 0 fully saturated rings. The Morgan fingerprint density at radius 2 is 2.00 bits per heavy atom. The van der Waals surface area contributed by atoms with E-state index in [1.54, 1.807) is 6.33 Å². The lowest BCUT2D eigenvalue weighted by molar-refractivity contribution is 0.297. The molecular weight excluding hydrogens is 250 g/mol. The molecule has 0 radical (unpaired) electrons. The van der Waals surface area contributed by atoms with E-state index in [2.05, 4.69) is 36.3 Å². The highest BCUT2D eigenvalue weighted by Crippen LogP contribution is 2.14. The predicted molar refractivity (Wildman–Crippen MR) is 80.5 cm³/mol. The molecule has 2 aromatic rings. The number of nitrogens with one attached hydrogen (secondary N) is 1. The van der Waals surface area contributed by atoms with Crippen molar-refractivity contribution in [3.05, 3.63) is 48.0 Å². The lowest BCUT2D eigenvalue weighted by Crippen LogP contribution is -2.18. The molecule has 1 heterocycles. The average molecular weight is 273 g/mol. The molecule has 108 valence electrons. The van der Waals surface area contributed by atoms with E-state index in [4.69, 9.17) is 4.74 Å². The topological polar surface area (TPSA) is 39.1 Å². The van der Waals surface area contributed by atoms with Gasteiger partial charge in [0.05, 0.1) is 18.2 Å². The summed E-state index contributed by atoms with van der Waals surface area (Å²) in [6.45, 7) is 6.91. The lowest BCUT2D eigenvalue weighted by Gasteiger charge is -2.09. The zero-order valence-electron chi connectivity index (χ0n) is 12.5. The van der Waals surface area contributed by atoms with Crippen LogP contribution in [0.4, 0.5) is 0 Å². The summed E-state index contributed by atoms with van der Waals surface area (Å²) in [7, 11) is 1.97. The number of rotatable bonds is 7. The fourth-order valence-electron chi connectivity index (χ4n) is 1.89. The van der Waals surface area contributed by atoms with Crippen molar-refractivity contribution in [2.45, 2.75) is 27.0 Å². The van der Waals surface area contributed by atoms with Crippen LogP contribution in [0.5, 0.6) is 5.75 Å². The van der Waals surface area contributed by atoms with Gasteiger partial charge in [0.15, 0.2) is 0 Å². The summed E-state index contributed by atoms with van der Waals surface area (Å²) in [6, 6.07) is 8.24. The quantitative estimate of drug-likeness (QED) is 0.843. The van der Waals surface area contributed by atoms with Crippen LogP contribution in [0.1, 0.15) is 25.1 Å². The van der Waals surface area contributed by atoms with Crippen LogP contribution >= 0.6 is 0 Å². The summed E-state index contributed by atoms with van der Waals surface area (Å²) in [4.78, 5) is 4.07. The number of imidazole rings is 1. The smallest absolute Gasteiger partial charge is 0.130 e. The molecule has 1 N–H and O–H groups in total. The van der Waals surface area contributed by atoms with Crippen LogP contribution in [-0.4, -0.2) is 16.1 Å². The number of aromatic nitrogens is 2. The predicted octanol–water partition coefficient (Wildman–Crippen LogP) is 2.74. The van der Waals surface area contributed by atoms with Gasteiger partial charge < -0.3 is 14.6 Å². The molecule has 0 bridgehead atoms. The molecule has 0 atom stereocenters. The van der Waals surface area contributed by atoms with Gasteiger partial charge in [0.1, 0.15) is 12.4 Å². The molecule has 0 aliphatic rings. The first-order valence-electron chi connectivity index (χ1n) is 7.03. The van der Waals surface area contributed by atoms with E-state index in [0.29, 0.717) is 12.5 Å². The van der Waals surface area contributed by atoms with Gasteiger partial charge in [-0.15, -0.1) is 0 Å². The minimum Gasteiger partial charge on any atom is -0.487 e. The number of ether oxygens (including phenoxy) is 1. The number of aryl methyl sites for hydroxylation is 1. The molecule has 4 nitrogen and oxygen atoms in total. The van der Waals surface area contributed by atoms with Gasteiger partial charge >= 0.3 is 0 Å². The van der Waals surface area contributed by atoms with Crippen molar-refractivity contribution < 1.29 is 4.74 Å². The highest BCUT2D eigenvalue weighted by Gasteiger charge is 2.00. The van der Waals surface area contributed by atoms with Crippen LogP contribution in [0, 0.1) is 5.92 Å². The molecule has 1 aromatic carbocycles. The number of benzene rings is 1. The van der Waals surface area contributed by atoms with Gasteiger partial charge in [0, 0.05) is 13.6 Å². The number of hydrogen-bond donors (Lipinski definition) is 1. The van der Waals surface area contributed by atoms with Crippen molar-refractivity contribution in [3.63, 3.8) is 0 Å². The first kappa shape index (κ1) is 14.6. The first-order chi connectivity index (χ1) is 9.65. The van der Waals surface area contributed by atoms with E-state index in [1.807, 2.05) is 29.9 Å². The van der Waals surface area contributed by atoms with E-state index in [1.165, 1.54) is 5.56 Å². The third kappa shape index (κ3) is 4.38. The largest absolute Gasteiger partial charge is 0.487 e. The molecule has 0 saturated heterocycles. The van der Waals surface area contributed by atoms with Gasteiger partial charge in [-0.1, -0.05) is 26.0 Å². The van der Waals surface area contributed by atoms with Crippen LogP contribution in [0.15, 0.2) is 36.8 Å². The molecule has 0 spiro atoms. The van der Waals surface area contributed by atoms with Crippen molar-refractivity contribution in [2.24, 2.45) is 13.0 Å². The van der Waals surface area contributed by atoms with E-state index in [9.17, 15) is 0 Å². The standard InChI is InChI=1S/C16H23N3O/c1-13(2)8-17-9-14-4-6-16(7-5-14)20-11-15-10-18-12-19(15)3/h4-7,10,12-13,17H,8-9,11H2,1-3H3. The van der Waals surface area contributed by atoms with Crippen LogP contribution in [-0.2, 0) is 20.2 Å². The Balaban J connectivity index is 1.81. The summed E-state index contributed by atoms with van der Waals surface area (Å²) in [6.07, 6.45) is 3.60. The van der Waals surface area contributed by atoms with Crippen LogP contribution in [0.3, 0.4) is 0 Å². The second-order valence-electron chi connectivity index (χ2n) is 5.45. The Morgan fingerprint density at radius 3 is 2.60 bits per heavy atom. The zero-order valence-corrected chi connectivity index (χ0v) is 12.5. The first-order valence-corrected chi connectivity index (χ1v) is 7.03. The normalized spacial score (nSPS) is 11.0. The minimum absolute atomic E-state index is 0.543. The molecule has 0 amide bonds. The summed E-state index contributed by atoms with van der Waals surface area (Å²) >= 11 is 0. The fraction of sp³-hybridized carbons (Fsp3) is 0.438. The van der Waals surface area contributed by atoms with Gasteiger partial charge in [0.25, 0.3) is 0 Å². The molecule has 0 aliphatic heterocycles. The summed E-state index contributed by atoms with van der Waals surface area (Å²) in [5, 5.41) is 3.43. The Morgan fingerprint density at radius 1 is 1.25 bits per heavy atom. The molecule has 20 heavy (non-hydrogen) atoms. The van der Waals surface area contributed by atoms with Crippen LogP contribution < -0.4 is 10.1 Å². The highest BCUT2D eigenvalue weighted by atomic mass is 16.5. The molecular formula is C16H23N3O. The van der Waals surface area contributed by atoms with Crippen molar-refractivity contribution in [2.75, 3.05) is 6.54 Å². The molecule has 1 aromatic heterocycles. The van der Waals surface area contributed by atoms with E-state index in [0.717, 1.165) is 24.5 Å². The van der Waals surface area contributed by atoms with Gasteiger partial charge in [-0.25, -0.2) is 4.98 Å². The van der Waals surface area contributed by atoms with Gasteiger partial charge in [-0.3, -0.25) is 0 Å². The Hall–Kier alpha value is -1.81. The fourth-order valence-corrected chi connectivity index (χ4v) is 1.89. The summed E-state index contributed by atoms with van der Waals surface area (Å²) < 4.78 is 7.71. The lowest BCUT2D eigenvalue weighted by atomic mass is 10.2. The number of nitrogens with zero attached hydrogens (tertiary/aromatic N) is 2. The molecule has 0 saturated carbocycles. The maximum Gasteiger partial charge on any atom is 0.130 e. The Bertz CT molecular complexity index is 517. The van der Waals surface area contributed by atoms with E-state index < -0.39 is 0 Å². The molecule has 2 rings (SSSR count). The Kier molecular flexibility index (Phi) is 5.18. The zero-order chi connectivity index (χ0) is 14.4. The summed E-state index contributed by atoms with van der Waals surface area (Å²) in [5.41, 5.74) is 2.34. The van der Waals surface area contributed by atoms with Gasteiger partial charge in [0.2, 0.25) is 0 Å². The minimum atomic E-state index is 0.543. The van der Waals surface area contributed by atoms with Crippen molar-refractivity contribution in [1.82, 2.24) is 14.9 Å². The number of hydrogen-bond acceptors (Lipinski definition) is 3. The molecule has 4 heteroatoms. The average Bonchev–Trinajstić information content (AvgIpc) is 2.83. The summed E-state index contributed by atoms with van der Waals surface area (Å²) in [5.74, 6) is 1.57. The van der Waals surface area contributed by atoms with Crippen LogP contribution in [0.25, 0.3) is 0 Å². The second kappa shape index (κ2) is 7.10. The van der Waals surface area contributed by atoms with Crippen LogP contribution in [0.2, 0.25) is 0 Å². The van der Waals surface area contributed by atoms with Gasteiger partial charge in [-0.2, -0.15) is 0 Å². The van der Waals surface area contributed by atoms with E-state index >= 15 is 0 Å². The Labute approximate surface area is 120 Å². The van der Waals surface area contributed by atoms with Crippen molar-refractivity contribution >= 4 is 0 Å². The van der Waals surface area contributed by atoms with Gasteiger partial charge in [-0.05, 0) is 30.2 Å². The third-order valence-electron chi connectivity index (χ3n) is 3.11. The van der Waals surface area contributed by atoms with Crippen molar-refractivity contribution in [1.29, 1.82) is 0 Å². The maximum absolute atomic E-state index is 5.75. The maximum atomic E-state index is 5.75. The second-order valence-corrected chi connectivity index (χ2v) is 5.45. The van der Waals surface area contributed by atoms with Crippen molar-refractivity contribution in [3.8, 4) is 5.75 Å².